The molecule has 0 saturated carbocycles. The van der Waals surface area contributed by atoms with Crippen LogP contribution in [-0.2, 0) is 13.2 Å². The first-order chi connectivity index (χ1) is 9.11. The summed E-state index contributed by atoms with van der Waals surface area (Å²) in [4.78, 5) is 1.89. The molecule has 0 radical (unpaired) electrons. The van der Waals surface area contributed by atoms with Gasteiger partial charge in [0.2, 0.25) is 0 Å². The summed E-state index contributed by atoms with van der Waals surface area (Å²) in [5.74, 6) is -0.228. The number of aliphatic hydroxyl groups excluding tert-OH is 1. The first kappa shape index (κ1) is 13.8. The van der Waals surface area contributed by atoms with Crippen molar-refractivity contribution < 1.29 is 9.50 Å². The van der Waals surface area contributed by atoms with Crippen molar-refractivity contribution in [3.8, 4) is 0 Å². The second kappa shape index (κ2) is 6.04. The van der Waals surface area contributed by atoms with E-state index in [9.17, 15) is 9.50 Å². The smallest absolute Gasteiger partial charge is 0.128 e. The van der Waals surface area contributed by atoms with Gasteiger partial charge in [-0.1, -0.05) is 29.8 Å². The Labute approximate surface area is 117 Å². The maximum atomic E-state index is 13.6. The lowest BCUT2D eigenvalue weighted by Gasteiger charge is -2.22. The third kappa shape index (κ3) is 3.25. The number of benzene rings is 2. The van der Waals surface area contributed by atoms with Crippen LogP contribution in [0.2, 0.25) is 5.02 Å². The highest BCUT2D eigenvalue weighted by atomic mass is 35.5. The lowest BCUT2D eigenvalue weighted by atomic mass is 10.1. The molecule has 19 heavy (non-hydrogen) atoms. The number of halogens is 2. The molecular formula is C15H15ClFNO. The van der Waals surface area contributed by atoms with Gasteiger partial charge in [0.1, 0.15) is 5.82 Å². The van der Waals surface area contributed by atoms with Crippen LogP contribution in [0.15, 0.2) is 42.5 Å². The van der Waals surface area contributed by atoms with Crippen LogP contribution < -0.4 is 4.90 Å². The second-order valence-electron chi connectivity index (χ2n) is 4.38. The molecule has 100 valence electrons. The predicted molar refractivity (Wildman–Crippen MR) is 75.9 cm³/mol. The van der Waals surface area contributed by atoms with E-state index in [-0.39, 0.29) is 12.4 Å². The Morgan fingerprint density at radius 3 is 2.58 bits per heavy atom. The van der Waals surface area contributed by atoms with Crippen LogP contribution >= 0.6 is 11.6 Å². The second-order valence-corrected chi connectivity index (χ2v) is 4.82. The molecule has 0 saturated heterocycles. The molecule has 0 atom stereocenters. The Bertz CT molecular complexity index is 574. The van der Waals surface area contributed by atoms with Gasteiger partial charge in [0.05, 0.1) is 6.61 Å². The van der Waals surface area contributed by atoms with Crippen LogP contribution in [0.5, 0.6) is 0 Å². The van der Waals surface area contributed by atoms with Gasteiger partial charge in [0.15, 0.2) is 0 Å². The Hall–Kier alpha value is -1.58. The van der Waals surface area contributed by atoms with Crippen LogP contribution in [-0.4, -0.2) is 12.2 Å². The molecule has 0 bridgehead atoms. The highest BCUT2D eigenvalue weighted by molar-refractivity contribution is 6.30. The minimum atomic E-state index is -0.228. The number of hydrogen-bond acceptors (Lipinski definition) is 2. The SMILES string of the molecule is CN(Cc1ccccc1F)c1ccc(Cl)cc1CO. The Morgan fingerprint density at radius 1 is 1.16 bits per heavy atom. The monoisotopic (exact) mass is 279 g/mol. The van der Waals surface area contributed by atoms with Gasteiger partial charge in [-0.05, 0) is 24.3 Å². The molecule has 0 aliphatic heterocycles. The molecule has 0 spiro atoms. The van der Waals surface area contributed by atoms with E-state index >= 15 is 0 Å². The van der Waals surface area contributed by atoms with Crippen LogP contribution in [0.1, 0.15) is 11.1 Å². The molecule has 0 aliphatic rings. The molecule has 4 heteroatoms. The summed E-state index contributed by atoms with van der Waals surface area (Å²) in [6.45, 7) is 0.332. The highest BCUT2D eigenvalue weighted by Gasteiger charge is 2.10. The normalized spacial score (nSPS) is 10.5. The maximum absolute atomic E-state index is 13.6. The van der Waals surface area contributed by atoms with Gasteiger partial charge in [-0.3, -0.25) is 0 Å². The summed E-state index contributed by atoms with van der Waals surface area (Å²) in [5, 5.41) is 9.93. The van der Waals surface area contributed by atoms with Crippen molar-refractivity contribution in [3.05, 3.63) is 64.4 Å². The van der Waals surface area contributed by atoms with Crippen molar-refractivity contribution in [2.24, 2.45) is 0 Å². The Balaban J connectivity index is 2.25. The van der Waals surface area contributed by atoms with Crippen molar-refractivity contribution in [1.29, 1.82) is 0 Å². The summed E-state index contributed by atoms with van der Waals surface area (Å²) in [6, 6.07) is 12.0. The molecule has 2 aromatic carbocycles. The number of hydrogen-bond donors (Lipinski definition) is 1. The van der Waals surface area contributed by atoms with E-state index in [0.29, 0.717) is 17.1 Å². The summed E-state index contributed by atoms with van der Waals surface area (Å²) in [6.07, 6.45) is 0. The van der Waals surface area contributed by atoms with Crippen molar-refractivity contribution in [2.45, 2.75) is 13.2 Å². The van der Waals surface area contributed by atoms with Gasteiger partial charge >= 0.3 is 0 Å². The molecule has 0 aliphatic carbocycles. The molecule has 0 amide bonds. The van der Waals surface area contributed by atoms with Crippen molar-refractivity contribution in [3.63, 3.8) is 0 Å². The average molecular weight is 280 g/mol. The Kier molecular flexibility index (Phi) is 4.40. The quantitative estimate of drug-likeness (QED) is 0.924. The van der Waals surface area contributed by atoms with Crippen molar-refractivity contribution in [1.82, 2.24) is 0 Å². The fourth-order valence-corrected chi connectivity index (χ4v) is 2.22. The first-order valence-corrected chi connectivity index (χ1v) is 6.33. The standard InChI is InChI=1S/C15H15ClFNO/c1-18(9-11-4-2-3-5-14(11)17)15-7-6-13(16)8-12(15)10-19/h2-8,19H,9-10H2,1H3. The summed E-state index contributed by atoms with van der Waals surface area (Å²) in [7, 11) is 1.86. The number of aliphatic hydroxyl groups is 1. The van der Waals surface area contributed by atoms with Gasteiger partial charge in [0, 0.05) is 35.4 Å². The van der Waals surface area contributed by atoms with E-state index in [0.717, 1.165) is 11.3 Å². The summed E-state index contributed by atoms with van der Waals surface area (Å²) < 4.78 is 13.6. The van der Waals surface area contributed by atoms with E-state index in [1.54, 1.807) is 30.3 Å². The summed E-state index contributed by atoms with van der Waals surface area (Å²) in [5.41, 5.74) is 2.19. The molecule has 2 nitrogen and oxygen atoms in total. The first-order valence-electron chi connectivity index (χ1n) is 5.95. The number of rotatable bonds is 4. The zero-order valence-corrected chi connectivity index (χ0v) is 11.4. The number of nitrogens with zero attached hydrogens (tertiary/aromatic N) is 1. The van der Waals surface area contributed by atoms with Crippen LogP contribution in [0, 0.1) is 5.82 Å². The lowest BCUT2D eigenvalue weighted by molar-refractivity contribution is 0.282. The topological polar surface area (TPSA) is 23.5 Å². The largest absolute Gasteiger partial charge is 0.392 e. The summed E-state index contributed by atoms with van der Waals surface area (Å²) >= 11 is 5.90. The molecule has 0 heterocycles. The van der Waals surface area contributed by atoms with Gasteiger partial charge < -0.3 is 10.0 Å². The molecule has 0 aromatic heterocycles. The van der Waals surface area contributed by atoms with Gasteiger partial charge in [-0.2, -0.15) is 0 Å². The van der Waals surface area contributed by atoms with Crippen molar-refractivity contribution in [2.75, 3.05) is 11.9 Å². The van der Waals surface area contributed by atoms with E-state index in [2.05, 4.69) is 0 Å². The van der Waals surface area contributed by atoms with Gasteiger partial charge in [-0.25, -0.2) is 4.39 Å². The van der Waals surface area contributed by atoms with E-state index in [1.165, 1.54) is 6.07 Å². The molecular weight excluding hydrogens is 265 g/mol. The van der Waals surface area contributed by atoms with Crippen LogP contribution in [0.25, 0.3) is 0 Å². The van der Waals surface area contributed by atoms with Gasteiger partial charge in [-0.15, -0.1) is 0 Å². The average Bonchev–Trinajstić information content (AvgIpc) is 2.41. The fourth-order valence-electron chi connectivity index (χ4n) is 2.02. The zero-order valence-electron chi connectivity index (χ0n) is 10.6. The van der Waals surface area contributed by atoms with E-state index in [1.807, 2.05) is 18.0 Å². The fraction of sp³-hybridized carbons (Fsp3) is 0.200. The molecule has 2 rings (SSSR count). The third-order valence-electron chi connectivity index (χ3n) is 2.99. The minimum Gasteiger partial charge on any atom is -0.392 e. The third-order valence-corrected chi connectivity index (χ3v) is 3.22. The maximum Gasteiger partial charge on any atom is 0.128 e. The Morgan fingerprint density at radius 2 is 1.89 bits per heavy atom. The van der Waals surface area contributed by atoms with Gasteiger partial charge in [0.25, 0.3) is 0 Å². The molecule has 2 aromatic rings. The minimum absolute atomic E-state index is 0.0997. The molecule has 0 fully saturated rings. The predicted octanol–water partition coefficient (Wildman–Crippen LogP) is 3.61. The zero-order chi connectivity index (χ0) is 13.8. The van der Waals surface area contributed by atoms with Crippen LogP contribution in [0.3, 0.4) is 0 Å². The van der Waals surface area contributed by atoms with Crippen molar-refractivity contribution >= 4 is 17.3 Å². The highest BCUT2D eigenvalue weighted by Crippen LogP contribution is 2.25. The molecule has 1 N–H and O–H groups in total. The van der Waals surface area contributed by atoms with E-state index in [4.69, 9.17) is 11.6 Å². The molecule has 0 unspecified atom stereocenters. The van der Waals surface area contributed by atoms with Crippen LogP contribution in [0.4, 0.5) is 10.1 Å². The lowest BCUT2D eigenvalue weighted by Crippen LogP contribution is -2.18. The number of anilines is 1. The van der Waals surface area contributed by atoms with E-state index < -0.39 is 0 Å².